The molecule has 164 valence electrons. The summed E-state index contributed by atoms with van der Waals surface area (Å²) in [5, 5.41) is 6.06. The Balaban J connectivity index is 1.39. The van der Waals surface area contributed by atoms with Crippen molar-refractivity contribution in [3.63, 3.8) is 0 Å². The van der Waals surface area contributed by atoms with Gasteiger partial charge in [0.15, 0.2) is 0 Å². The smallest absolute Gasteiger partial charge is 0.261 e. The van der Waals surface area contributed by atoms with Gasteiger partial charge in [0, 0.05) is 37.3 Å². The van der Waals surface area contributed by atoms with Gasteiger partial charge in [-0.05, 0) is 56.3 Å². The van der Waals surface area contributed by atoms with Crippen LogP contribution in [0.15, 0.2) is 36.4 Å². The van der Waals surface area contributed by atoms with Crippen molar-refractivity contribution >= 4 is 46.3 Å². The predicted molar refractivity (Wildman–Crippen MR) is 122 cm³/mol. The van der Waals surface area contributed by atoms with Gasteiger partial charge in [-0.25, -0.2) is 0 Å². The number of hydrogen-bond donors (Lipinski definition) is 2. The second-order valence-electron chi connectivity index (χ2n) is 8.03. The lowest BCUT2D eigenvalue weighted by Gasteiger charge is -2.27. The van der Waals surface area contributed by atoms with Gasteiger partial charge in [-0.3, -0.25) is 14.4 Å². The Labute approximate surface area is 190 Å². The van der Waals surface area contributed by atoms with Crippen LogP contribution < -0.4 is 15.5 Å². The van der Waals surface area contributed by atoms with E-state index in [0.29, 0.717) is 34.3 Å². The Kier molecular flexibility index (Phi) is 6.60. The lowest BCUT2D eigenvalue weighted by Crippen LogP contribution is -2.50. The molecule has 2 aliphatic heterocycles. The highest BCUT2D eigenvalue weighted by Gasteiger charge is 2.33. The van der Waals surface area contributed by atoms with Crippen molar-refractivity contribution in [3.8, 4) is 0 Å². The summed E-state index contributed by atoms with van der Waals surface area (Å²) in [5.41, 5.74) is 1.35. The van der Waals surface area contributed by atoms with Crippen molar-refractivity contribution in [1.29, 1.82) is 0 Å². The summed E-state index contributed by atoms with van der Waals surface area (Å²) in [5.74, 6) is -0.259. The number of nitrogens with zero attached hydrogens (tertiary/aromatic N) is 2. The Morgan fingerprint density at radius 1 is 1.00 bits per heavy atom. The number of amides is 3. The fourth-order valence-electron chi connectivity index (χ4n) is 4.09. The first-order valence-electron chi connectivity index (χ1n) is 10.4. The fraction of sp³-hybridized carbons (Fsp3) is 0.409. The molecule has 2 aromatic rings. The number of piperidine rings is 1. The molecule has 0 bridgehead atoms. The molecule has 0 spiro atoms. The lowest BCUT2D eigenvalue weighted by molar-refractivity contribution is -0.119. The molecule has 7 nitrogen and oxygen atoms in total. The number of hydrogen-bond acceptors (Lipinski definition) is 5. The minimum Gasteiger partial charge on any atom is -0.346 e. The van der Waals surface area contributed by atoms with E-state index in [0.717, 1.165) is 25.1 Å². The molecule has 0 aliphatic carbocycles. The highest BCUT2D eigenvalue weighted by Crippen LogP contribution is 2.23. The molecule has 0 saturated carbocycles. The summed E-state index contributed by atoms with van der Waals surface area (Å²) in [4.78, 5) is 41.8. The van der Waals surface area contributed by atoms with E-state index in [4.69, 9.17) is 11.6 Å². The van der Waals surface area contributed by atoms with E-state index >= 15 is 0 Å². The van der Waals surface area contributed by atoms with Gasteiger partial charge in [0.05, 0.1) is 21.3 Å². The number of halogens is 1. The number of anilines is 1. The summed E-state index contributed by atoms with van der Waals surface area (Å²) in [7, 11) is 1.96. The summed E-state index contributed by atoms with van der Waals surface area (Å²) < 4.78 is 0.563. The predicted octanol–water partition coefficient (Wildman–Crippen LogP) is 2.76. The molecular formula is C22H25ClN4O3S. The summed E-state index contributed by atoms with van der Waals surface area (Å²) >= 11 is 7.16. The van der Waals surface area contributed by atoms with Crippen LogP contribution in [-0.2, 0) is 4.79 Å². The van der Waals surface area contributed by atoms with Crippen molar-refractivity contribution in [2.24, 2.45) is 0 Å². The first kappa shape index (κ1) is 21.8. The van der Waals surface area contributed by atoms with Gasteiger partial charge in [0.1, 0.15) is 0 Å². The van der Waals surface area contributed by atoms with Gasteiger partial charge >= 0.3 is 0 Å². The molecule has 3 heterocycles. The fourth-order valence-corrected chi connectivity index (χ4v) is 5.04. The lowest BCUT2D eigenvalue weighted by atomic mass is 10.1. The van der Waals surface area contributed by atoms with Crippen LogP contribution in [0.2, 0.25) is 4.34 Å². The molecule has 31 heavy (non-hydrogen) atoms. The van der Waals surface area contributed by atoms with Crippen molar-refractivity contribution in [2.45, 2.75) is 31.3 Å². The van der Waals surface area contributed by atoms with Crippen LogP contribution >= 0.6 is 22.9 Å². The van der Waals surface area contributed by atoms with Gasteiger partial charge in [-0.2, -0.15) is 0 Å². The number of likely N-dealkylation sites (tertiary alicyclic amines) is 1. The first-order chi connectivity index (χ1) is 14.9. The second kappa shape index (κ2) is 9.38. The molecular weight excluding hydrogens is 436 g/mol. The summed E-state index contributed by atoms with van der Waals surface area (Å²) in [6.45, 7) is 2.00. The molecule has 9 heteroatoms. The van der Waals surface area contributed by atoms with E-state index in [1.807, 2.05) is 19.2 Å². The van der Waals surface area contributed by atoms with Gasteiger partial charge in [-0.1, -0.05) is 11.6 Å². The van der Waals surface area contributed by atoms with Crippen molar-refractivity contribution in [2.75, 3.05) is 31.6 Å². The normalized spacial score (nSPS) is 21.9. The van der Waals surface area contributed by atoms with Crippen molar-refractivity contribution < 1.29 is 14.4 Å². The number of carbonyl (C=O) groups is 3. The van der Waals surface area contributed by atoms with Crippen LogP contribution in [0.5, 0.6) is 0 Å². The number of nitrogens with one attached hydrogen (secondary N) is 2. The quantitative estimate of drug-likeness (QED) is 0.718. The molecule has 2 saturated heterocycles. The van der Waals surface area contributed by atoms with Crippen molar-refractivity contribution in [1.82, 2.24) is 15.5 Å². The van der Waals surface area contributed by atoms with E-state index in [-0.39, 0.29) is 29.8 Å². The zero-order valence-electron chi connectivity index (χ0n) is 17.3. The number of carbonyl (C=O) groups excluding carboxylic acids is 3. The molecule has 2 atom stereocenters. The monoisotopic (exact) mass is 460 g/mol. The Morgan fingerprint density at radius 2 is 1.68 bits per heavy atom. The molecule has 1 aromatic carbocycles. The van der Waals surface area contributed by atoms with E-state index < -0.39 is 0 Å². The first-order valence-corrected chi connectivity index (χ1v) is 11.6. The van der Waals surface area contributed by atoms with Gasteiger partial charge in [-0.15, -0.1) is 11.3 Å². The average Bonchev–Trinajstić information content (AvgIpc) is 3.33. The van der Waals surface area contributed by atoms with Gasteiger partial charge < -0.3 is 20.4 Å². The topological polar surface area (TPSA) is 81.8 Å². The molecule has 4 rings (SSSR count). The number of benzene rings is 1. The molecule has 2 N–H and O–H groups in total. The number of likely N-dealkylation sites (N-methyl/N-ethyl adjacent to an activating group) is 1. The Bertz CT molecular complexity index is 977. The minimum absolute atomic E-state index is 0.128. The van der Waals surface area contributed by atoms with Crippen LogP contribution in [0, 0.1) is 0 Å². The SMILES string of the molecule is CN1C[C@H](NC(=O)c2ccc(N3CCCCC3=O)cc2)[C@H](NC(=O)c2ccc(Cl)s2)C1. The maximum absolute atomic E-state index is 12.8. The zero-order valence-corrected chi connectivity index (χ0v) is 18.8. The maximum atomic E-state index is 12.8. The minimum atomic E-state index is -0.208. The molecule has 2 fully saturated rings. The third kappa shape index (κ3) is 5.08. The number of rotatable bonds is 5. The van der Waals surface area contributed by atoms with Crippen LogP contribution in [-0.4, -0.2) is 61.4 Å². The highest BCUT2D eigenvalue weighted by molar-refractivity contribution is 7.18. The van der Waals surface area contributed by atoms with E-state index in [1.165, 1.54) is 11.3 Å². The summed E-state index contributed by atoms with van der Waals surface area (Å²) in [6.07, 6.45) is 2.50. The van der Waals surface area contributed by atoms with Gasteiger partial charge in [0.25, 0.3) is 11.8 Å². The molecule has 3 amide bonds. The Hall–Kier alpha value is -2.42. The van der Waals surface area contributed by atoms with Crippen molar-refractivity contribution in [3.05, 3.63) is 51.2 Å². The van der Waals surface area contributed by atoms with Crippen LogP contribution in [0.1, 0.15) is 39.3 Å². The zero-order chi connectivity index (χ0) is 22.0. The molecule has 1 aromatic heterocycles. The Morgan fingerprint density at radius 3 is 2.29 bits per heavy atom. The average molecular weight is 461 g/mol. The molecule has 0 unspecified atom stereocenters. The second-order valence-corrected chi connectivity index (χ2v) is 9.75. The highest BCUT2D eigenvalue weighted by atomic mass is 35.5. The van der Waals surface area contributed by atoms with Crippen LogP contribution in [0.3, 0.4) is 0 Å². The van der Waals surface area contributed by atoms with E-state index in [2.05, 4.69) is 15.5 Å². The number of thiophene rings is 1. The van der Waals surface area contributed by atoms with Gasteiger partial charge in [0.2, 0.25) is 5.91 Å². The third-order valence-corrected chi connectivity index (χ3v) is 6.93. The third-order valence-electron chi connectivity index (χ3n) is 5.70. The standard InChI is InChI=1S/C22H25ClN4O3S/c1-26-12-16(17(13-26)25-22(30)18-9-10-19(23)31-18)24-21(29)14-5-7-15(8-6-14)27-11-3-2-4-20(27)28/h5-10,16-17H,2-4,11-13H2,1H3,(H,24,29)(H,25,30)/t16-,17+/m0/s1. The van der Waals surface area contributed by atoms with Crippen LogP contribution in [0.25, 0.3) is 0 Å². The van der Waals surface area contributed by atoms with E-state index in [1.54, 1.807) is 29.2 Å². The van der Waals surface area contributed by atoms with E-state index in [9.17, 15) is 14.4 Å². The molecule has 2 aliphatic rings. The molecule has 0 radical (unpaired) electrons. The van der Waals surface area contributed by atoms with Crippen LogP contribution in [0.4, 0.5) is 5.69 Å². The summed E-state index contributed by atoms with van der Waals surface area (Å²) in [6, 6.07) is 10.1. The maximum Gasteiger partial charge on any atom is 0.261 e. The largest absolute Gasteiger partial charge is 0.346 e.